The number of likely N-dealkylation sites (tertiary alicyclic amines) is 1. The Labute approximate surface area is 165 Å². The van der Waals surface area contributed by atoms with Gasteiger partial charge < -0.3 is 14.6 Å². The molecule has 2 amide bonds. The first kappa shape index (κ1) is 19.9. The van der Waals surface area contributed by atoms with E-state index in [9.17, 15) is 9.59 Å². The topological polar surface area (TPSA) is 65.8 Å². The number of carbonyl (C=O) groups is 2. The fourth-order valence-corrected chi connectivity index (χ4v) is 3.45. The highest BCUT2D eigenvalue weighted by atomic mass is 16.3. The molecule has 2 aromatic rings. The van der Waals surface area contributed by atoms with Crippen molar-refractivity contribution in [2.75, 3.05) is 31.1 Å². The Morgan fingerprint density at radius 3 is 2.57 bits per heavy atom. The van der Waals surface area contributed by atoms with Gasteiger partial charge in [-0.15, -0.1) is 6.58 Å². The summed E-state index contributed by atoms with van der Waals surface area (Å²) in [4.78, 5) is 29.0. The van der Waals surface area contributed by atoms with Crippen LogP contribution in [0, 0.1) is 5.92 Å². The first-order valence-corrected chi connectivity index (χ1v) is 9.66. The zero-order valence-electron chi connectivity index (χ0n) is 16.0. The highest BCUT2D eigenvalue weighted by molar-refractivity contribution is 5.95. The van der Waals surface area contributed by atoms with Gasteiger partial charge in [0.25, 0.3) is 0 Å². The average Bonchev–Trinajstić information content (AvgIpc) is 3.25. The van der Waals surface area contributed by atoms with Gasteiger partial charge in [0.2, 0.25) is 11.8 Å². The summed E-state index contributed by atoms with van der Waals surface area (Å²) in [6.07, 6.45) is 4.84. The van der Waals surface area contributed by atoms with Gasteiger partial charge >= 0.3 is 0 Å². The van der Waals surface area contributed by atoms with Crippen molar-refractivity contribution in [1.29, 1.82) is 0 Å². The Bertz CT molecular complexity index is 766. The van der Waals surface area contributed by atoms with Crippen molar-refractivity contribution in [1.82, 2.24) is 10.2 Å². The Kier molecular flexibility index (Phi) is 7.03. The molecule has 0 aliphatic carbocycles. The molecule has 6 heteroatoms. The SMILES string of the molecule is C=CCN(C(=O)CN1CCC(C(=O)NCc2ccco2)CC1)c1ccccc1. The minimum Gasteiger partial charge on any atom is -0.467 e. The zero-order valence-corrected chi connectivity index (χ0v) is 16.0. The minimum atomic E-state index is -0.0142. The van der Waals surface area contributed by atoms with Gasteiger partial charge in [0.1, 0.15) is 5.76 Å². The van der Waals surface area contributed by atoms with Gasteiger partial charge in [-0.1, -0.05) is 24.3 Å². The Hall–Kier alpha value is -2.86. The number of amides is 2. The van der Waals surface area contributed by atoms with E-state index < -0.39 is 0 Å². The molecule has 2 heterocycles. The highest BCUT2D eigenvalue weighted by Crippen LogP contribution is 2.19. The second-order valence-electron chi connectivity index (χ2n) is 6.98. The molecular weight excluding hydrogens is 354 g/mol. The lowest BCUT2D eigenvalue weighted by molar-refractivity contribution is -0.126. The van der Waals surface area contributed by atoms with Crippen molar-refractivity contribution in [3.8, 4) is 0 Å². The fourth-order valence-electron chi connectivity index (χ4n) is 3.45. The summed E-state index contributed by atoms with van der Waals surface area (Å²) in [5, 5.41) is 2.93. The molecule has 1 aliphatic rings. The molecule has 1 N–H and O–H groups in total. The Morgan fingerprint density at radius 2 is 1.93 bits per heavy atom. The van der Waals surface area contributed by atoms with E-state index in [1.165, 1.54) is 0 Å². The summed E-state index contributed by atoms with van der Waals surface area (Å²) in [7, 11) is 0. The van der Waals surface area contributed by atoms with E-state index >= 15 is 0 Å². The van der Waals surface area contributed by atoms with Crippen LogP contribution in [0.1, 0.15) is 18.6 Å². The van der Waals surface area contributed by atoms with Gasteiger partial charge in [-0.3, -0.25) is 14.5 Å². The fraction of sp³-hybridized carbons (Fsp3) is 0.364. The quantitative estimate of drug-likeness (QED) is 0.714. The lowest BCUT2D eigenvalue weighted by Gasteiger charge is -2.32. The van der Waals surface area contributed by atoms with Crippen LogP contribution in [0.3, 0.4) is 0 Å². The Balaban J connectivity index is 1.47. The average molecular weight is 381 g/mol. The van der Waals surface area contributed by atoms with Crippen LogP contribution in [0.15, 0.2) is 65.8 Å². The maximum Gasteiger partial charge on any atom is 0.241 e. The van der Waals surface area contributed by atoms with E-state index in [1.807, 2.05) is 42.5 Å². The molecule has 3 rings (SSSR count). The molecule has 1 aromatic carbocycles. The van der Waals surface area contributed by atoms with E-state index in [0.29, 0.717) is 19.6 Å². The van der Waals surface area contributed by atoms with Crippen LogP contribution < -0.4 is 10.2 Å². The molecule has 1 saturated heterocycles. The maximum absolute atomic E-state index is 12.8. The van der Waals surface area contributed by atoms with Crippen LogP contribution in [-0.4, -0.2) is 42.9 Å². The molecule has 0 bridgehead atoms. The third kappa shape index (κ3) is 5.33. The standard InChI is InChI=1S/C22H27N3O3/c1-2-12-25(19-7-4-3-5-8-19)21(26)17-24-13-10-18(11-14-24)22(27)23-16-20-9-6-15-28-20/h2-9,15,18H,1,10-14,16-17H2,(H,23,27). The van der Waals surface area contributed by atoms with Crippen LogP contribution in [-0.2, 0) is 16.1 Å². The molecule has 0 unspecified atom stereocenters. The third-order valence-electron chi connectivity index (χ3n) is 5.01. The van der Waals surface area contributed by atoms with E-state index in [1.54, 1.807) is 17.2 Å². The number of anilines is 1. The highest BCUT2D eigenvalue weighted by Gasteiger charge is 2.27. The van der Waals surface area contributed by atoms with Gasteiger partial charge in [0, 0.05) is 18.2 Å². The van der Waals surface area contributed by atoms with E-state index in [-0.39, 0.29) is 17.7 Å². The normalized spacial score (nSPS) is 15.1. The van der Waals surface area contributed by atoms with Crippen LogP contribution in [0.5, 0.6) is 0 Å². The maximum atomic E-state index is 12.8. The molecule has 28 heavy (non-hydrogen) atoms. The van der Waals surface area contributed by atoms with Crippen LogP contribution in [0.4, 0.5) is 5.69 Å². The molecule has 1 aliphatic heterocycles. The van der Waals surface area contributed by atoms with Crippen molar-refractivity contribution in [2.45, 2.75) is 19.4 Å². The number of carbonyl (C=O) groups excluding carboxylic acids is 2. The summed E-state index contributed by atoms with van der Waals surface area (Å²) < 4.78 is 5.24. The number of furan rings is 1. The number of rotatable bonds is 8. The molecule has 0 atom stereocenters. The van der Waals surface area contributed by atoms with Gasteiger partial charge in [0.15, 0.2) is 0 Å². The lowest BCUT2D eigenvalue weighted by Crippen LogP contribution is -2.45. The number of benzene rings is 1. The molecule has 1 fully saturated rings. The van der Waals surface area contributed by atoms with Crippen LogP contribution in [0.25, 0.3) is 0 Å². The van der Waals surface area contributed by atoms with Gasteiger partial charge in [-0.05, 0) is 50.2 Å². The van der Waals surface area contributed by atoms with Crippen molar-refractivity contribution in [3.63, 3.8) is 0 Å². The van der Waals surface area contributed by atoms with E-state index in [4.69, 9.17) is 4.42 Å². The summed E-state index contributed by atoms with van der Waals surface area (Å²) in [6.45, 7) is 6.48. The summed E-state index contributed by atoms with van der Waals surface area (Å²) in [5.74, 6) is 0.839. The zero-order chi connectivity index (χ0) is 19.8. The number of hydrogen-bond donors (Lipinski definition) is 1. The number of piperidine rings is 1. The number of nitrogens with zero attached hydrogens (tertiary/aromatic N) is 2. The Morgan fingerprint density at radius 1 is 1.18 bits per heavy atom. The second-order valence-corrected chi connectivity index (χ2v) is 6.98. The third-order valence-corrected chi connectivity index (χ3v) is 5.01. The number of nitrogens with one attached hydrogen (secondary N) is 1. The summed E-state index contributed by atoms with van der Waals surface area (Å²) in [5.41, 5.74) is 0.875. The molecule has 0 saturated carbocycles. The smallest absolute Gasteiger partial charge is 0.241 e. The summed E-state index contributed by atoms with van der Waals surface area (Å²) in [6, 6.07) is 13.3. The van der Waals surface area contributed by atoms with Crippen LogP contribution >= 0.6 is 0 Å². The molecule has 0 radical (unpaired) electrons. The predicted octanol–water partition coefficient (Wildman–Crippen LogP) is 2.83. The van der Waals surface area contributed by atoms with Crippen molar-refractivity contribution < 1.29 is 14.0 Å². The second kappa shape index (κ2) is 9.90. The number of para-hydroxylation sites is 1. The van der Waals surface area contributed by atoms with Gasteiger partial charge in [-0.2, -0.15) is 0 Å². The predicted molar refractivity (Wildman–Crippen MR) is 109 cm³/mol. The van der Waals surface area contributed by atoms with Crippen molar-refractivity contribution in [3.05, 3.63) is 67.1 Å². The monoisotopic (exact) mass is 381 g/mol. The number of hydrogen-bond acceptors (Lipinski definition) is 4. The first-order valence-electron chi connectivity index (χ1n) is 9.66. The molecule has 6 nitrogen and oxygen atoms in total. The lowest BCUT2D eigenvalue weighted by atomic mass is 9.96. The van der Waals surface area contributed by atoms with Gasteiger partial charge in [-0.25, -0.2) is 0 Å². The molecule has 0 spiro atoms. The molecular formula is C22H27N3O3. The van der Waals surface area contributed by atoms with Crippen molar-refractivity contribution >= 4 is 17.5 Å². The summed E-state index contributed by atoms with van der Waals surface area (Å²) >= 11 is 0. The molecule has 148 valence electrons. The van der Waals surface area contributed by atoms with Gasteiger partial charge in [0.05, 0.1) is 19.4 Å². The van der Waals surface area contributed by atoms with E-state index in [2.05, 4.69) is 16.8 Å². The van der Waals surface area contributed by atoms with E-state index in [0.717, 1.165) is 37.4 Å². The minimum absolute atomic E-state index is 0.0142. The largest absolute Gasteiger partial charge is 0.467 e. The molecule has 1 aromatic heterocycles. The van der Waals surface area contributed by atoms with Crippen molar-refractivity contribution in [2.24, 2.45) is 5.92 Å². The van der Waals surface area contributed by atoms with Crippen LogP contribution in [0.2, 0.25) is 0 Å². The first-order chi connectivity index (χ1) is 13.7.